The molecule has 1 aliphatic rings. The second-order valence-corrected chi connectivity index (χ2v) is 3.73. The number of nitrogens with two attached hydrogens (primary N) is 1. The zero-order chi connectivity index (χ0) is 9.97. The second-order valence-electron chi connectivity index (χ2n) is 3.73. The fourth-order valence-electron chi connectivity index (χ4n) is 1.85. The Labute approximate surface area is 84.0 Å². The summed E-state index contributed by atoms with van der Waals surface area (Å²) in [7, 11) is 0. The molecule has 1 aliphatic heterocycles. The molecule has 2 atom stereocenters. The number of rotatable bonds is 2. The molecule has 4 heteroatoms. The minimum atomic E-state index is 0.0454. The Kier molecular flexibility index (Phi) is 2.84. The van der Waals surface area contributed by atoms with Crippen LogP contribution in [0.4, 0.5) is 0 Å². The molecule has 1 saturated heterocycles. The van der Waals surface area contributed by atoms with Gasteiger partial charge in [-0.25, -0.2) is 0 Å². The molecule has 0 aliphatic carbocycles. The van der Waals surface area contributed by atoms with Gasteiger partial charge in [-0.05, 0) is 19.8 Å². The number of ether oxygens (including phenoxy) is 1. The Bertz CT molecular complexity index is 297. The van der Waals surface area contributed by atoms with Crippen LogP contribution in [0.25, 0.3) is 0 Å². The molecule has 2 rings (SSSR count). The Morgan fingerprint density at radius 3 is 3.21 bits per heavy atom. The predicted molar refractivity (Wildman–Crippen MR) is 53.8 cm³/mol. The van der Waals surface area contributed by atoms with Crippen molar-refractivity contribution in [1.29, 1.82) is 0 Å². The lowest BCUT2D eigenvalue weighted by molar-refractivity contribution is 0.0000955. The summed E-state index contributed by atoms with van der Waals surface area (Å²) in [6.45, 7) is 3.77. The highest BCUT2D eigenvalue weighted by molar-refractivity contribution is 5.11. The summed E-state index contributed by atoms with van der Waals surface area (Å²) < 4.78 is 7.56. The van der Waals surface area contributed by atoms with E-state index in [9.17, 15) is 0 Å². The molecule has 0 spiro atoms. The minimum absolute atomic E-state index is 0.0454. The molecule has 14 heavy (non-hydrogen) atoms. The van der Waals surface area contributed by atoms with Crippen molar-refractivity contribution in [2.24, 2.45) is 5.73 Å². The van der Waals surface area contributed by atoms with Crippen LogP contribution in [0.1, 0.15) is 31.4 Å². The van der Waals surface area contributed by atoms with Crippen molar-refractivity contribution in [1.82, 2.24) is 9.78 Å². The van der Waals surface area contributed by atoms with Gasteiger partial charge in [0.2, 0.25) is 0 Å². The van der Waals surface area contributed by atoms with Crippen LogP contribution >= 0.6 is 0 Å². The summed E-state index contributed by atoms with van der Waals surface area (Å²) in [6, 6.07) is 0.123. The van der Waals surface area contributed by atoms with E-state index in [-0.39, 0.29) is 12.1 Å². The molecular formula is C10H17N3O. The second kappa shape index (κ2) is 4.11. The molecule has 2 heterocycles. The monoisotopic (exact) mass is 195 g/mol. The lowest BCUT2D eigenvalue weighted by atomic mass is 9.99. The first-order valence-corrected chi connectivity index (χ1v) is 5.21. The number of hydrogen-bond acceptors (Lipinski definition) is 3. The molecule has 1 aromatic heterocycles. The maximum Gasteiger partial charge on any atom is 0.101 e. The molecule has 0 saturated carbocycles. The first-order valence-electron chi connectivity index (χ1n) is 5.21. The summed E-state index contributed by atoms with van der Waals surface area (Å²) in [4.78, 5) is 0. The zero-order valence-electron chi connectivity index (χ0n) is 8.52. The average Bonchev–Trinajstić information content (AvgIpc) is 2.67. The number of nitrogens with zero attached hydrogens (tertiary/aromatic N) is 2. The van der Waals surface area contributed by atoms with Crippen LogP contribution in [-0.4, -0.2) is 22.4 Å². The lowest BCUT2D eigenvalue weighted by Crippen LogP contribution is -2.34. The molecule has 0 amide bonds. The fourth-order valence-corrected chi connectivity index (χ4v) is 1.85. The zero-order valence-corrected chi connectivity index (χ0v) is 8.52. The van der Waals surface area contributed by atoms with Crippen LogP contribution < -0.4 is 5.73 Å². The van der Waals surface area contributed by atoms with Crippen LogP contribution in [0.3, 0.4) is 0 Å². The third kappa shape index (κ3) is 1.81. The van der Waals surface area contributed by atoms with Gasteiger partial charge in [-0.2, -0.15) is 5.10 Å². The number of aryl methyl sites for hydroxylation is 1. The van der Waals surface area contributed by atoms with Gasteiger partial charge in [-0.1, -0.05) is 0 Å². The summed E-state index contributed by atoms with van der Waals surface area (Å²) in [6.07, 6.45) is 6.04. The summed E-state index contributed by atoms with van der Waals surface area (Å²) in [5.74, 6) is 0. The molecule has 0 radical (unpaired) electrons. The van der Waals surface area contributed by atoms with Gasteiger partial charge in [0.15, 0.2) is 0 Å². The molecule has 1 fully saturated rings. The highest BCUT2D eigenvalue weighted by atomic mass is 16.5. The van der Waals surface area contributed by atoms with Gasteiger partial charge in [-0.15, -0.1) is 0 Å². The van der Waals surface area contributed by atoms with Crippen LogP contribution in [0.5, 0.6) is 0 Å². The van der Waals surface area contributed by atoms with Crippen molar-refractivity contribution >= 4 is 0 Å². The van der Waals surface area contributed by atoms with E-state index < -0.39 is 0 Å². The topological polar surface area (TPSA) is 53.1 Å². The van der Waals surface area contributed by atoms with E-state index >= 15 is 0 Å². The first-order chi connectivity index (χ1) is 6.81. The molecule has 0 unspecified atom stereocenters. The van der Waals surface area contributed by atoms with E-state index in [1.54, 1.807) is 0 Å². The van der Waals surface area contributed by atoms with Gasteiger partial charge in [0.05, 0.1) is 6.20 Å². The van der Waals surface area contributed by atoms with Gasteiger partial charge in [-0.3, -0.25) is 4.68 Å². The maximum atomic E-state index is 6.00. The van der Waals surface area contributed by atoms with Crippen molar-refractivity contribution in [2.75, 3.05) is 6.61 Å². The molecule has 0 aromatic carbocycles. The van der Waals surface area contributed by atoms with Crippen molar-refractivity contribution < 1.29 is 4.74 Å². The first kappa shape index (κ1) is 9.68. The van der Waals surface area contributed by atoms with Crippen molar-refractivity contribution in [3.05, 3.63) is 18.0 Å². The third-order valence-corrected chi connectivity index (χ3v) is 2.67. The van der Waals surface area contributed by atoms with E-state index in [4.69, 9.17) is 10.5 Å². The SMILES string of the molecule is CCn1cc([C@@H]2OCCC[C@@H]2N)cn1. The Morgan fingerprint density at radius 1 is 1.71 bits per heavy atom. The van der Waals surface area contributed by atoms with Crippen molar-refractivity contribution in [3.8, 4) is 0 Å². The van der Waals surface area contributed by atoms with Crippen LogP contribution in [0.2, 0.25) is 0 Å². The smallest absolute Gasteiger partial charge is 0.101 e. The Morgan fingerprint density at radius 2 is 2.57 bits per heavy atom. The standard InChI is InChI=1S/C10H17N3O/c1-2-13-7-8(6-12-13)10-9(11)4-3-5-14-10/h6-7,9-10H,2-5,11H2,1H3/t9-,10-/m0/s1. The summed E-state index contributed by atoms with van der Waals surface area (Å²) in [5.41, 5.74) is 7.11. The van der Waals surface area contributed by atoms with Crippen molar-refractivity contribution in [3.63, 3.8) is 0 Å². The molecular weight excluding hydrogens is 178 g/mol. The number of hydrogen-bond donors (Lipinski definition) is 1. The van der Waals surface area contributed by atoms with E-state index in [0.717, 1.165) is 31.6 Å². The molecule has 0 bridgehead atoms. The normalized spacial score (nSPS) is 27.9. The third-order valence-electron chi connectivity index (χ3n) is 2.67. The molecule has 1 aromatic rings. The van der Waals surface area contributed by atoms with Crippen LogP contribution in [-0.2, 0) is 11.3 Å². The van der Waals surface area contributed by atoms with Crippen LogP contribution in [0, 0.1) is 0 Å². The minimum Gasteiger partial charge on any atom is -0.372 e. The fraction of sp³-hybridized carbons (Fsp3) is 0.700. The average molecular weight is 195 g/mol. The maximum absolute atomic E-state index is 6.00. The predicted octanol–water partition coefficient (Wildman–Crippen LogP) is 1.08. The number of aromatic nitrogens is 2. The molecule has 78 valence electrons. The van der Waals surface area contributed by atoms with Gasteiger partial charge in [0.25, 0.3) is 0 Å². The van der Waals surface area contributed by atoms with Gasteiger partial charge < -0.3 is 10.5 Å². The Balaban J connectivity index is 2.12. The van der Waals surface area contributed by atoms with Gasteiger partial charge in [0.1, 0.15) is 6.10 Å². The Hall–Kier alpha value is -0.870. The van der Waals surface area contributed by atoms with E-state index in [2.05, 4.69) is 12.0 Å². The van der Waals surface area contributed by atoms with E-state index in [1.165, 1.54) is 0 Å². The highest BCUT2D eigenvalue weighted by Crippen LogP contribution is 2.26. The van der Waals surface area contributed by atoms with Gasteiger partial charge >= 0.3 is 0 Å². The van der Waals surface area contributed by atoms with Crippen molar-refractivity contribution in [2.45, 2.75) is 38.5 Å². The largest absolute Gasteiger partial charge is 0.372 e. The van der Waals surface area contributed by atoms with E-state index in [0.29, 0.717) is 0 Å². The highest BCUT2D eigenvalue weighted by Gasteiger charge is 2.25. The quantitative estimate of drug-likeness (QED) is 0.768. The molecule has 4 nitrogen and oxygen atoms in total. The van der Waals surface area contributed by atoms with Crippen LogP contribution in [0.15, 0.2) is 12.4 Å². The lowest BCUT2D eigenvalue weighted by Gasteiger charge is -2.27. The van der Waals surface area contributed by atoms with E-state index in [1.807, 2.05) is 17.1 Å². The summed E-state index contributed by atoms with van der Waals surface area (Å²) >= 11 is 0. The van der Waals surface area contributed by atoms with Gasteiger partial charge in [0, 0.05) is 31.0 Å². The summed E-state index contributed by atoms with van der Waals surface area (Å²) in [5, 5.41) is 4.23. The molecule has 2 N–H and O–H groups in total.